The first kappa shape index (κ1) is 29.1. The zero-order valence-electron chi connectivity index (χ0n) is 25.1. The van der Waals surface area contributed by atoms with Crippen molar-refractivity contribution in [3.05, 3.63) is 216 Å². The number of aliphatic hydroxyl groups is 2. The van der Waals surface area contributed by atoms with Gasteiger partial charge in [0.15, 0.2) is 0 Å². The highest BCUT2D eigenvalue weighted by atomic mass is 16.3. The Morgan fingerprint density at radius 1 is 0.304 bits per heavy atom. The molecule has 2 heterocycles. The standard InChI is InChI=1S/C32H22O2.2C5H5N/c33-31(27-13-5-1-9-23(27)24-10-2-6-14-28(24)31)21-17-19-22(20-18-21)32(34)29-15-7-3-11-25(29)26-12-4-8-16-30(26)32;2*1-2-4-6-5-3-1/h1-20,33-34H;2*1-5H. The molecular formula is C42H32N2O2. The third-order valence-electron chi connectivity index (χ3n) is 8.70. The van der Waals surface area contributed by atoms with Crippen LogP contribution in [0.15, 0.2) is 183 Å². The van der Waals surface area contributed by atoms with Crippen LogP contribution in [0.4, 0.5) is 0 Å². The van der Waals surface area contributed by atoms with Crippen LogP contribution in [0.2, 0.25) is 0 Å². The molecule has 2 N–H and O–H groups in total. The zero-order chi connectivity index (χ0) is 31.4. The Kier molecular flexibility index (Phi) is 7.81. The minimum atomic E-state index is -1.24. The fourth-order valence-electron chi connectivity index (χ4n) is 6.62. The average molecular weight is 597 g/mol. The number of aromatic nitrogens is 2. The highest BCUT2D eigenvalue weighted by molar-refractivity contribution is 5.83. The molecule has 4 nitrogen and oxygen atoms in total. The normalized spacial score (nSPS) is 13.8. The quantitative estimate of drug-likeness (QED) is 0.210. The molecule has 0 spiro atoms. The Morgan fingerprint density at radius 3 is 0.783 bits per heavy atom. The number of rotatable bonds is 2. The molecule has 0 fully saturated rings. The topological polar surface area (TPSA) is 66.2 Å². The highest BCUT2D eigenvalue weighted by Crippen LogP contribution is 2.53. The number of fused-ring (bicyclic) bond motifs is 6. The molecule has 5 aromatic carbocycles. The number of hydrogen-bond acceptors (Lipinski definition) is 4. The first-order valence-corrected chi connectivity index (χ1v) is 15.3. The van der Waals surface area contributed by atoms with E-state index in [1.165, 1.54) is 0 Å². The predicted molar refractivity (Wildman–Crippen MR) is 183 cm³/mol. The van der Waals surface area contributed by atoms with E-state index in [9.17, 15) is 10.2 Å². The molecule has 0 bridgehead atoms. The van der Waals surface area contributed by atoms with Crippen LogP contribution in [0.1, 0.15) is 33.4 Å². The third-order valence-corrected chi connectivity index (χ3v) is 8.70. The summed E-state index contributed by atoms with van der Waals surface area (Å²) < 4.78 is 0. The van der Waals surface area contributed by atoms with Crippen LogP contribution < -0.4 is 0 Å². The van der Waals surface area contributed by atoms with E-state index in [4.69, 9.17) is 0 Å². The predicted octanol–water partition coefficient (Wildman–Crippen LogP) is 8.38. The van der Waals surface area contributed by atoms with E-state index in [0.29, 0.717) is 0 Å². The van der Waals surface area contributed by atoms with Crippen molar-refractivity contribution in [3.63, 3.8) is 0 Å². The van der Waals surface area contributed by atoms with E-state index < -0.39 is 11.2 Å². The molecule has 0 unspecified atom stereocenters. The largest absolute Gasteiger partial charge is 0.376 e. The zero-order valence-corrected chi connectivity index (χ0v) is 25.1. The van der Waals surface area contributed by atoms with Crippen LogP contribution in [0, 0.1) is 0 Å². The average Bonchev–Trinajstić information content (AvgIpc) is 3.57. The Labute approximate surface area is 269 Å². The lowest BCUT2D eigenvalue weighted by atomic mass is 9.80. The SMILES string of the molecule is OC1(c2ccc(C3(O)c4ccccc4-c4ccccc43)cc2)c2ccccc2-c2ccccc21.c1ccncc1.c1ccncc1. The lowest BCUT2D eigenvalue weighted by Gasteiger charge is -2.29. The van der Waals surface area contributed by atoms with Gasteiger partial charge < -0.3 is 10.2 Å². The van der Waals surface area contributed by atoms with Crippen molar-refractivity contribution in [1.29, 1.82) is 0 Å². The second-order valence-corrected chi connectivity index (χ2v) is 11.2. The van der Waals surface area contributed by atoms with Gasteiger partial charge in [-0.1, -0.05) is 133 Å². The summed E-state index contributed by atoms with van der Waals surface area (Å²) in [6, 6.07) is 51.4. The van der Waals surface area contributed by atoms with Gasteiger partial charge in [-0.15, -0.1) is 0 Å². The van der Waals surface area contributed by atoms with Crippen LogP contribution in [0.5, 0.6) is 0 Å². The van der Waals surface area contributed by atoms with Gasteiger partial charge in [0.2, 0.25) is 0 Å². The molecule has 222 valence electrons. The first-order valence-electron chi connectivity index (χ1n) is 15.3. The lowest BCUT2D eigenvalue weighted by molar-refractivity contribution is 0.126. The van der Waals surface area contributed by atoms with E-state index in [1.54, 1.807) is 24.8 Å². The van der Waals surface area contributed by atoms with Crippen molar-refractivity contribution < 1.29 is 10.2 Å². The summed E-state index contributed by atoms with van der Waals surface area (Å²) in [7, 11) is 0. The van der Waals surface area contributed by atoms with Crippen LogP contribution in [0.25, 0.3) is 22.3 Å². The Morgan fingerprint density at radius 2 is 0.565 bits per heavy atom. The van der Waals surface area contributed by atoms with Crippen molar-refractivity contribution in [2.24, 2.45) is 0 Å². The molecule has 7 aromatic rings. The summed E-state index contributed by atoms with van der Waals surface area (Å²) in [6.07, 6.45) is 7.00. The van der Waals surface area contributed by atoms with E-state index in [1.807, 2.05) is 133 Å². The molecule has 0 saturated heterocycles. The fraction of sp³-hybridized carbons (Fsp3) is 0.0476. The molecule has 2 aliphatic rings. The van der Waals surface area contributed by atoms with E-state index >= 15 is 0 Å². The molecular weight excluding hydrogens is 564 g/mol. The van der Waals surface area contributed by atoms with Gasteiger partial charge in [-0.3, -0.25) is 9.97 Å². The maximum Gasteiger partial charge on any atom is 0.141 e. The Balaban J connectivity index is 0.000000236. The van der Waals surface area contributed by atoms with Crippen molar-refractivity contribution in [1.82, 2.24) is 9.97 Å². The lowest BCUT2D eigenvalue weighted by Crippen LogP contribution is -2.28. The van der Waals surface area contributed by atoms with E-state index in [-0.39, 0.29) is 0 Å². The van der Waals surface area contributed by atoms with Gasteiger partial charge >= 0.3 is 0 Å². The third kappa shape index (κ3) is 4.90. The van der Waals surface area contributed by atoms with Crippen LogP contribution in [-0.4, -0.2) is 20.2 Å². The van der Waals surface area contributed by atoms with Gasteiger partial charge in [0, 0.05) is 47.0 Å². The number of hydrogen-bond donors (Lipinski definition) is 2. The summed E-state index contributed by atoms with van der Waals surface area (Å²) >= 11 is 0. The summed E-state index contributed by atoms with van der Waals surface area (Å²) in [5.41, 5.74) is 6.89. The number of benzene rings is 5. The molecule has 0 saturated carbocycles. The smallest absolute Gasteiger partial charge is 0.141 e. The van der Waals surface area contributed by atoms with Crippen LogP contribution >= 0.6 is 0 Å². The maximum absolute atomic E-state index is 12.1. The number of pyridine rings is 2. The van der Waals surface area contributed by atoms with E-state index in [0.717, 1.165) is 55.6 Å². The molecule has 0 atom stereocenters. The van der Waals surface area contributed by atoms with Gasteiger partial charge in [-0.25, -0.2) is 0 Å². The van der Waals surface area contributed by atoms with Crippen molar-refractivity contribution in [3.8, 4) is 22.3 Å². The van der Waals surface area contributed by atoms with Crippen molar-refractivity contribution >= 4 is 0 Å². The van der Waals surface area contributed by atoms with Crippen molar-refractivity contribution in [2.45, 2.75) is 11.2 Å². The fourth-order valence-corrected chi connectivity index (χ4v) is 6.62. The second-order valence-electron chi connectivity index (χ2n) is 11.2. The first-order chi connectivity index (χ1) is 22.6. The summed E-state index contributed by atoms with van der Waals surface area (Å²) in [4.78, 5) is 7.57. The van der Waals surface area contributed by atoms with Gasteiger partial charge in [-0.2, -0.15) is 0 Å². The summed E-state index contributed by atoms with van der Waals surface area (Å²) in [5.74, 6) is 0. The van der Waals surface area contributed by atoms with Crippen LogP contribution in [0.3, 0.4) is 0 Å². The highest BCUT2D eigenvalue weighted by Gasteiger charge is 2.45. The molecule has 4 heteroatoms. The Hall–Kier alpha value is -5.68. The molecule has 0 amide bonds. The van der Waals surface area contributed by atoms with Gasteiger partial charge in [0.05, 0.1) is 0 Å². The summed E-state index contributed by atoms with van der Waals surface area (Å²) in [6.45, 7) is 0. The maximum atomic E-state index is 12.1. The minimum absolute atomic E-state index is 0.789. The molecule has 2 aromatic heterocycles. The minimum Gasteiger partial charge on any atom is -0.376 e. The van der Waals surface area contributed by atoms with Crippen LogP contribution in [-0.2, 0) is 11.2 Å². The van der Waals surface area contributed by atoms with Crippen molar-refractivity contribution in [2.75, 3.05) is 0 Å². The molecule has 2 aliphatic carbocycles. The second kappa shape index (κ2) is 12.4. The van der Waals surface area contributed by atoms with E-state index in [2.05, 4.69) is 34.2 Å². The molecule has 0 aliphatic heterocycles. The molecule has 46 heavy (non-hydrogen) atoms. The number of nitrogens with zero attached hydrogens (tertiary/aromatic N) is 2. The van der Waals surface area contributed by atoms with Gasteiger partial charge in [0.1, 0.15) is 11.2 Å². The van der Waals surface area contributed by atoms with Gasteiger partial charge in [0.25, 0.3) is 0 Å². The summed E-state index contributed by atoms with van der Waals surface area (Å²) in [5, 5.41) is 24.3. The Bertz CT molecular complexity index is 1780. The molecule has 9 rings (SSSR count). The monoisotopic (exact) mass is 596 g/mol. The molecule has 0 radical (unpaired) electrons. The van der Waals surface area contributed by atoms with Gasteiger partial charge in [-0.05, 0) is 57.6 Å².